The Labute approximate surface area is 104 Å². The third kappa shape index (κ3) is 3.56. The number of nitrogens with zero attached hydrogens (tertiary/aromatic N) is 1. The smallest absolute Gasteiger partial charge is 0.231 e. The number of hydrogen-bond donors (Lipinski definition) is 1. The highest BCUT2D eigenvalue weighted by atomic mass is 16.2. The lowest BCUT2D eigenvalue weighted by molar-refractivity contribution is -0.121. The van der Waals surface area contributed by atoms with E-state index < -0.39 is 0 Å². The van der Waals surface area contributed by atoms with E-state index in [1.54, 1.807) is 0 Å². The summed E-state index contributed by atoms with van der Waals surface area (Å²) in [7, 11) is 1.87. The summed E-state index contributed by atoms with van der Waals surface area (Å²) in [5, 5.41) is 3.04. The van der Waals surface area contributed by atoms with Gasteiger partial charge in [-0.2, -0.15) is 0 Å². The van der Waals surface area contributed by atoms with Crippen molar-refractivity contribution < 1.29 is 4.79 Å². The number of rotatable bonds is 5. The van der Waals surface area contributed by atoms with Gasteiger partial charge in [0.05, 0.1) is 0 Å². The summed E-state index contributed by atoms with van der Waals surface area (Å²) in [5.74, 6) is 0.173. The topological polar surface area (TPSA) is 32.3 Å². The Balaban J connectivity index is 2.84. The lowest BCUT2D eigenvalue weighted by atomic mass is 10.1. The lowest BCUT2D eigenvalue weighted by Gasteiger charge is -2.24. The molecule has 0 aliphatic carbocycles. The molecule has 1 unspecified atom stereocenters. The molecule has 0 saturated carbocycles. The number of anilines is 1. The molecule has 1 amide bonds. The molecule has 1 aromatic carbocycles. The van der Waals surface area contributed by atoms with Crippen molar-refractivity contribution in [2.24, 2.45) is 5.92 Å². The van der Waals surface area contributed by atoms with Gasteiger partial charge in [-0.25, -0.2) is 0 Å². The molecule has 0 saturated heterocycles. The molecule has 1 atom stereocenters. The molecule has 1 aromatic rings. The summed E-state index contributed by atoms with van der Waals surface area (Å²) in [6, 6.07) is 8.08. The molecule has 17 heavy (non-hydrogen) atoms. The van der Waals surface area contributed by atoms with Gasteiger partial charge in [0.2, 0.25) is 5.91 Å². The van der Waals surface area contributed by atoms with Crippen LogP contribution in [0.3, 0.4) is 0 Å². The van der Waals surface area contributed by atoms with E-state index in [9.17, 15) is 4.79 Å². The van der Waals surface area contributed by atoms with Crippen LogP contribution in [-0.4, -0.2) is 26.0 Å². The Morgan fingerprint density at radius 3 is 2.41 bits per heavy atom. The average molecular weight is 234 g/mol. The minimum atomic E-state index is 0.00116. The zero-order chi connectivity index (χ0) is 12.8. The van der Waals surface area contributed by atoms with Gasteiger partial charge in [-0.1, -0.05) is 24.6 Å². The van der Waals surface area contributed by atoms with E-state index in [0.717, 1.165) is 5.69 Å². The highest BCUT2D eigenvalue weighted by molar-refractivity contribution is 5.94. The van der Waals surface area contributed by atoms with E-state index in [0.29, 0.717) is 13.1 Å². The lowest BCUT2D eigenvalue weighted by Crippen LogP contribution is -2.38. The van der Waals surface area contributed by atoms with Crippen LogP contribution in [0, 0.1) is 12.8 Å². The molecule has 3 nitrogen and oxygen atoms in total. The predicted octanol–water partition coefficient (Wildman–Crippen LogP) is 2.20. The van der Waals surface area contributed by atoms with E-state index in [-0.39, 0.29) is 11.8 Å². The van der Waals surface area contributed by atoms with Crippen molar-refractivity contribution in [1.29, 1.82) is 0 Å². The van der Waals surface area contributed by atoms with E-state index in [4.69, 9.17) is 0 Å². The number of nitrogens with one attached hydrogen (secondary N) is 1. The number of benzene rings is 1. The van der Waals surface area contributed by atoms with Crippen LogP contribution in [0.4, 0.5) is 5.69 Å². The fourth-order valence-electron chi connectivity index (χ4n) is 1.85. The normalized spacial score (nSPS) is 12.2. The molecule has 0 radical (unpaired) electrons. The predicted molar refractivity (Wildman–Crippen MR) is 72.3 cm³/mol. The van der Waals surface area contributed by atoms with Gasteiger partial charge in [-0.3, -0.25) is 4.79 Å². The Kier molecular flexibility index (Phi) is 5.16. The second kappa shape index (κ2) is 6.40. The quantitative estimate of drug-likeness (QED) is 0.847. The van der Waals surface area contributed by atoms with Gasteiger partial charge in [-0.05, 0) is 33.0 Å². The second-order valence-electron chi connectivity index (χ2n) is 4.38. The molecule has 3 heteroatoms. The van der Waals surface area contributed by atoms with Gasteiger partial charge in [-0.15, -0.1) is 0 Å². The zero-order valence-corrected chi connectivity index (χ0v) is 11.2. The minimum Gasteiger partial charge on any atom is -0.319 e. The second-order valence-corrected chi connectivity index (χ2v) is 4.38. The molecule has 0 fully saturated rings. The monoisotopic (exact) mass is 234 g/mol. The number of amides is 1. The summed E-state index contributed by atoms with van der Waals surface area (Å²) in [5.41, 5.74) is 2.19. The number of hydrogen-bond acceptors (Lipinski definition) is 2. The zero-order valence-electron chi connectivity index (χ0n) is 11.2. The summed E-state index contributed by atoms with van der Waals surface area (Å²) >= 11 is 0. The standard InChI is InChI=1S/C14H22N2O/c1-5-16(14(17)12(3)10-15-4)13-8-6-11(2)7-9-13/h6-9,12,15H,5,10H2,1-4H3. The summed E-state index contributed by atoms with van der Waals surface area (Å²) in [6.45, 7) is 7.42. The molecule has 0 bridgehead atoms. The first-order valence-corrected chi connectivity index (χ1v) is 6.12. The molecule has 0 aromatic heterocycles. The van der Waals surface area contributed by atoms with Crippen LogP contribution in [-0.2, 0) is 4.79 Å². The Hall–Kier alpha value is -1.35. The molecule has 94 valence electrons. The van der Waals surface area contributed by atoms with Crippen LogP contribution in [0.2, 0.25) is 0 Å². The van der Waals surface area contributed by atoms with E-state index in [1.165, 1.54) is 5.56 Å². The third-order valence-electron chi connectivity index (χ3n) is 2.86. The maximum atomic E-state index is 12.2. The van der Waals surface area contributed by atoms with Crippen molar-refractivity contribution in [3.63, 3.8) is 0 Å². The van der Waals surface area contributed by atoms with Crippen LogP contribution in [0.5, 0.6) is 0 Å². The molecule has 0 aliphatic rings. The molecular weight excluding hydrogens is 212 g/mol. The van der Waals surface area contributed by atoms with Gasteiger partial charge in [0.1, 0.15) is 0 Å². The van der Waals surface area contributed by atoms with Gasteiger partial charge >= 0.3 is 0 Å². The summed E-state index contributed by atoms with van der Waals surface area (Å²) in [6.07, 6.45) is 0. The maximum Gasteiger partial charge on any atom is 0.231 e. The van der Waals surface area contributed by atoms with Gasteiger partial charge in [0, 0.05) is 24.7 Å². The minimum absolute atomic E-state index is 0.00116. The Morgan fingerprint density at radius 2 is 1.94 bits per heavy atom. The van der Waals surface area contributed by atoms with Gasteiger partial charge in [0.25, 0.3) is 0 Å². The van der Waals surface area contributed by atoms with Crippen molar-refractivity contribution in [1.82, 2.24) is 5.32 Å². The fourth-order valence-corrected chi connectivity index (χ4v) is 1.85. The molecule has 1 N–H and O–H groups in total. The Morgan fingerprint density at radius 1 is 1.35 bits per heavy atom. The third-order valence-corrected chi connectivity index (χ3v) is 2.86. The number of carbonyl (C=O) groups excluding carboxylic acids is 1. The van der Waals surface area contributed by atoms with Crippen LogP contribution in [0.15, 0.2) is 24.3 Å². The van der Waals surface area contributed by atoms with Crippen LogP contribution in [0.1, 0.15) is 19.4 Å². The van der Waals surface area contributed by atoms with Crippen LogP contribution in [0.25, 0.3) is 0 Å². The number of carbonyl (C=O) groups is 1. The van der Waals surface area contributed by atoms with Crippen LogP contribution >= 0.6 is 0 Å². The molecule has 0 aliphatic heterocycles. The maximum absolute atomic E-state index is 12.2. The molecule has 0 spiro atoms. The van der Waals surface area contributed by atoms with Crippen molar-refractivity contribution >= 4 is 11.6 Å². The summed E-state index contributed by atoms with van der Waals surface area (Å²) < 4.78 is 0. The SMILES string of the molecule is CCN(C(=O)C(C)CNC)c1ccc(C)cc1. The van der Waals surface area contributed by atoms with Crippen molar-refractivity contribution in [2.75, 3.05) is 25.0 Å². The van der Waals surface area contributed by atoms with Crippen LogP contribution < -0.4 is 10.2 Å². The molecule has 0 heterocycles. The molecular formula is C14H22N2O. The first kappa shape index (κ1) is 13.7. The first-order valence-electron chi connectivity index (χ1n) is 6.12. The fraction of sp³-hybridized carbons (Fsp3) is 0.500. The van der Waals surface area contributed by atoms with E-state index in [1.807, 2.05) is 57.0 Å². The largest absolute Gasteiger partial charge is 0.319 e. The highest BCUT2D eigenvalue weighted by Crippen LogP contribution is 2.17. The van der Waals surface area contributed by atoms with Crippen molar-refractivity contribution in [3.8, 4) is 0 Å². The number of aryl methyl sites for hydroxylation is 1. The van der Waals surface area contributed by atoms with Gasteiger partial charge < -0.3 is 10.2 Å². The summed E-state index contributed by atoms with van der Waals surface area (Å²) in [4.78, 5) is 14.1. The average Bonchev–Trinajstić information content (AvgIpc) is 2.32. The highest BCUT2D eigenvalue weighted by Gasteiger charge is 2.19. The Bertz CT molecular complexity index is 359. The van der Waals surface area contributed by atoms with Gasteiger partial charge in [0.15, 0.2) is 0 Å². The van der Waals surface area contributed by atoms with E-state index >= 15 is 0 Å². The van der Waals surface area contributed by atoms with E-state index in [2.05, 4.69) is 5.32 Å². The first-order chi connectivity index (χ1) is 8.10. The van der Waals surface area contributed by atoms with Crippen molar-refractivity contribution in [2.45, 2.75) is 20.8 Å². The van der Waals surface area contributed by atoms with Crippen molar-refractivity contribution in [3.05, 3.63) is 29.8 Å². The molecule has 1 rings (SSSR count).